The van der Waals surface area contributed by atoms with Gasteiger partial charge in [0.1, 0.15) is 11.6 Å². The number of halogens is 3. The zero-order chi connectivity index (χ0) is 13.0. The lowest BCUT2D eigenvalue weighted by Crippen LogP contribution is -1.95. The molecule has 0 aromatic heterocycles. The second-order valence-electron chi connectivity index (χ2n) is 4.19. The quantitative estimate of drug-likeness (QED) is 0.694. The second kappa shape index (κ2) is 6.10. The Hall–Kier alpha value is -1.22. The van der Waals surface area contributed by atoms with E-state index in [1.807, 2.05) is 30.3 Å². The number of aryl methyl sites for hydroxylation is 1. The largest absolute Gasteiger partial charge is 0.207 e. The summed E-state index contributed by atoms with van der Waals surface area (Å²) in [5.74, 6) is -1.04. The summed E-state index contributed by atoms with van der Waals surface area (Å²) in [5, 5.41) is 0. The van der Waals surface area contributed by atoms with Gasteiger partial charge in [-0.2, -0.15) is 0 Å². The van der Waals surface area contributed by atoms with Crippen molar-refractivity contribution in [2.24, 2.45) is 0 Å². The van der Waals surface area contributed by atoms with E-state index in [1.54, 1.807) is 0 Å². The molecule has 1 atom stereocenters. The van der Waals surface area contributed by atoms with E-state index in [-0.39, 0.29) is 4.83 Å². The molecule has 2 aromatic carbocycles. The fraction of sp³-hybridized carbons (Fsp3) is 0.200. The van der Waals surface area contributed by atoms with Crippen molar-refractivity contribution < 1.29 is 8.78 Å². The first-order chi connectivity index (χ1) is 8.65. The van der Waals surface area contributed by atoms with Gasteiger partial charge in [0.05, 0.1) is 0 Å². The maximum atomic E-state index is 13.0. The van der Waals surface area contributed by atoms with Crippen LogP contribution in [0.3, 0.4) is 0 Å². The predicted molar refractivity (Wildman–Crippen MR) is 72.8 cm³/mol. The Morgan fingerprint density at radius 2 is 1.56 bits per heavy atom. The van der Waals surface area contributed by atoms with Gasteiger partial charge in [-0.05, 0) is 36.1 Å². The standard InChI is InChI=1S/C15H13BrF2/c16-15(12-4-2-1-3-5-12)7-6-11-8-13(17)10-14(18)9-11/h1-5,8-10,15H,6-7H2. The second-order valence-corrected chi connectivity index (χ2v) is 5.30. The Labute approximate surface area is 114 Å². The van der Waals surface area contributed by atoms with Crippen LogP contribution in [0, 0.1) is 11.6 Å². The Kier molecular flexibility index (Phi) is 4.48. The minimum absolute atomic E-state index is 0.199. The van der Waals surface area contributed by atoms with Crippen molar-refractivity contribution >= 4 is 15.9 Å². The highest BCUT2D eigenvalue weighted by molar-refractivity contribution is 9.09. The maximum Gasteiger partial charge on any atom is 0.126 e. The molecule has 1 unspecified atom stereocenters. The van der Waals surface area contributed by atoms with Gasteiger partial charge in [0.15, 0.2) is 0 Å². The third-order valence-electron chi connectivity index (χ3n) is 2.77. The first-order valence-corrected chi connectivity index (χ1v) is 6.71. The zero-order valence-corrected chi connectivity index (χ0v) is 11.3. The van der Waals surface area contributed by atoms with Crippen LogP contribution < -0.4 is 0 Å². The molecule has 0 aliphatic rings. The molecule has 2 aromatic rings. The SMILES string of the molecule is Fc1cc(F)cc(CCC(Br)c2ccccc2)c1. The van der Waals surface area contributed by atoms with Crippen molar-refractivity contribution in [2.75, 3.05) is 0 Å². The minimum Gasteiger partial charge on any atom is -0.207 e. The summed E-state index contributed by atoms with van der Waals surface area (Å²) >= 11 is 3.59. The molecule has 0 bridgehead atoms. The number of hydrogen-bond acceptors (Lipinski definition) is 0. The molecule has 0 radical (unpaired) electrons. The molecular formula is C15H13BrF2. The Morgan fingerprint density at radius 3 is 2.17 bits per heavy atom. The van der Waals surface area contributed by atoms with Gasteiger partial charge in [-0.25, -0.2) is 8.78 Å². The normalized spacial score (nSPS) is 12.4. The van der Waals surface area contributed by atoms with Gasteiger partial charge in [0.25, 0.3) is 0 Å². The van der Waals surface area contributed by atoms with E-state index in [1.165, 1.54) is 17.7 Å². The summed E-state index contributed by atoms with van der Waals surface area (Å²) in [5.41, 5.74) is 1.86. The summed E-state index contributed by atoms with van der Waals surface area (Å²) in [4.78, 5) is 0.199. The number of rotatable bonds is 4. The minimum atomic E-state index is -0.518. The Bertz CT molecular complexity index is 491. The van der Waals surface area contributed by atoms with Crippen LogP contribution in [0.25, 0.3) is 0 Å². The highest BCUT2D eigenvalue weighted by Crippen LogP contribution is 2.27. The molecular weight excluding hydrogens is 298 g/mol. The van der Waals surface area contributed by atoms with Crippen LogP contribution in [-0.2, 0) is 6.42 Å². The molecule has 0 saturated carbocycles. The number of benzene rings is 2. The van der Waals surface area contributed by atoms with Crippen molar-refractivity contribution in [3.05, 3.63) is 71.3 Å². The highest BCUT2D eigenvalue weighted by Gasteiger charge is 2.08. The highest BCUT2D eigenvalue weighted by atomic mass is 79.9. The first-order valence-electron chi connectivity index (χ1n) is 5.79. The molecule has 0 heterocycles. The van der Waals surface area contributed by atoms with Gasteiger partial charge in [0, 0.05) is 10.9 Å². The fourth-order valence-electron chi connectivity index (χ4n) is 1.88. The first kappa shape index (κ1) is 13.2. The average Bonchev–Trinajstić information content (AvgIpc) is 2.36. The monoisotopic (exact) mass is 310 g/mol. The van der Waals surface area contributed by atoms with Gasteiger partial charge in [-0.3, -0.25) is 0 Å². The van der Waals surface area contributed by atoms with E-state index in [0.717, 1.165) is 12.5 Å². The van der Waals surface area contributed by atoms with E-state index in [2.05, 4.69) is 15.9 Å². The molecule has 0 spiro atoms. The predicted octanol–water partition coefficient (Wildman–Crippen LogP) is 5.03. The maximum absolute atomic E-state index is 13.0. The van der Waals surface area contributed by atoms with Gasteiger partial charge >= 0.3 is 0 Å². The third-order valence-corrected chi connectivity index (χ3v) is 3.76. The summed E-state index contributed by atoms with van der Waals surface area (Å²) in [6, 6.07) is 13.6. The smallest absolute Gasteiger partial charge is 0.126 e. The van der Waals surface area contributed by atoms with Crippen LogP contribution in [0.5, 0.6) is 0 Å². The molecule has 18 heavy (non-hydrogen) atoms. The molecule has 0 nitrogen and oxygen atoms in total. The lowest BCUT2D eigenvalue weighted by Gasteiger charge is -2.10. The van der Waals surface area contributed by atoms with Crippen LogP contribution in [0.1, 0.15) is 22.4 Å². The van der Waals surface area contributed by atoms with E-state index in [0.29, 0.717) is 12.0 Å². The van der Waals surface area contributed by atoms with Crippen LogP contribution in [-0.4, -0.2) is 0 Å². The van der Waals surface area contributed by atoms with Crippen molar-refractivity contribution in [3.63, 3.8) is 0 Å². The third kappa shape index (κ3) is 3.64. The number of alkyl halides is 1. The van der Waals surface area contributed by atoms with E-state index < -0.39 is 11.6 Å². The summed E-state index contributed by atoms with van der Waals surface area (Å²) in [6.45, 7) is 0. The van der Waals surface area contributed by atoms with Crippen molar-refractivity contribution in [2.45, 2.75) is 17.7 Å². The van der Waals surface area contributed by atoms with Crippen LogP contribution in [0.15, 0.2) is 48.5 Å². The van der Waals surface area contributed by atoms with Crippen LogP contribution >= 0.6 is 15.9 Å². The molecule has 0 saturated heterocycles. The summed E-state index contributed by atoms with van der Waals surface area (Å²) in [7, 11) is 0. The topological polar surface area (TPSA) is 0 Å². The zero-order valence-electron chi connectivity index (χ0n) is 9.74. The summed E-state index contributed by atoms with van der Waals surface area (Å²) in [6.07, 6.45) is 1.44. The van der Waals surface area contributed by atoms with Gasteiger partial charge in [-0.1, -0.05) is 46.3 Å². The molecule has 0 N–H and O–H groups in total. The molecule has 2 rings (SSSR count). The van der Waals surface area contributed by atoms with E-state index in [4.69, 9.17) is 0 Å². The van der Waals surface area contributed by atoms with Crippen molar-refractivity contribution in [1.82, 2.24) is 0 Å². The summed E-state index contributed by atoms with van der Waals surface area (Å²) < 4.78 is 26.0. The lowest BCUT2D eigenvalue weighted by atomic mass is 10.0. The molecule has 0 amide bonds. The van der Waals surface area contributed by atoms with Gasteiger partial charge in [-0.15, -0.1) is 0 Å². The van der Waals surface area contributed by atoms with Crippen molar-refractivity contribution in [1.29, 1.82) is 0 Å². The lowest BCUT2D eigenvalue weighted by molar-refractivity contribution is 0.578. The molecule has 0 fully saturated rings. The average molecular weight is 311 g/mol. The fourth-order valence-corrected chi connectivity index (χ4v) is 2.41. The Balaban J connectivity index is 1.99. The van der Waals surface area contributed by atoms with Gasteiger partial charge < -0.3 is 0 Å². The Morgan fingerprint density at radius 1 is 0.944 bits per heavy atom. The van der Waals surface area contributed by atoms with Crippen molar-refractivity contribution in [3.8, 4) is 0 Å². The molecule has 0 aliphatic heterocycles. The van der Waals surface area contributed by atoms with Crippen LogP contribution in [0.4, 0.5) is 8.78 Å². The van der Waals surface area contributed by atoms with Gasteiger partial charge in [0.2, 0.25) is 0 Å². The molecule has 94 valence electrons. The van der Waals surface area contributed by atoms with E-state index in [9.17, 15) is 8.78 Å². The molecule has 0 aliphatic carbocycles. The number of hydrogen-bond donors (Lipinski definition) is 0. The molecule has 3 heteroatoms. The van der Waals surface area contributed by atoms with Crippen LogP contribution in [0.2, 0.25) is 0 Å². The van der Waals surface area contributed by atoms with E-state index >= 15 is 0 Å².